The second kappa shape index (κ2) is 8.04. The van der Waals surface area contributed by atoms with Gasteiger partial charge in [-0.1, -0.05) is 54.6 Å². The molecule has 4 rings (SSSR count). The summed E-state index contributed by atoms with van der Waals surface area (Å²) in [4.78, 5) is 0. The summed E-state index contributed by atoms with van der Waals surface area (Å²) >= 11 is 0. The Kier molecular flexibility index (Phi) is 5.32. The number of benzene rings is 4. The minimum atomic E-state index is -2.15. The standard InChI is InChI=1S/C25H20F2P/c26-21-16-20(17-22(27)18-21)19-28(23-10-4-1-5-11-23,24-12-6-2-7-13-24)25-14-8-3-9-15-25/h1-18H,19H2/q+1. The van der Waals surface area contributed by atoms with Crippen LogP contribution in [-0.4, -0.2) is 0 Å². The highest BCUT2D eigenvalue weighted by molar-refractivity contribution is 7.95. The molecule has 3 heteroatoms. The molecule has 0 radical (unpaired) electrons. The third-order valence-electron chi connectivity index (χ3n) is 4.93. The summed E-state index contributed by atoms with van der Waals surface area (Å²) in [6.45, 7) is 0. The first-order chi connectivity index (χ1) is 13.7. The van der Waals surface area contributed by atoms with E-state index in [1.807, 2.05) is 54.6 Å². The number of hydrogen-bond acceptors (Lipinski definition) is 0. The van der Waals surface area contributed by atoms with Gasteiger partial charge in [0.05, 0.1) is 6.16 Å². The van der Waals surface area contributed by atoms with Gasteiger partial charge in [0.2, 0.25) is 0 Å². The molecule has 4 aromatic carbocycles. The molecule has 0 spiro atoms. The third-order valence-corrected chi connectivity index (χ3v) is 9.31. The van der Waals surface area contributed by atoms with Gasteiger partial charge in [-0.2, -0.15) is 0 Å². The Hall–Kier alpha value is -2.83. The maximum absolute atomic E-state index is 14.0. The third kappa shape index (κ3) is 3.61. The normalized spacial score (nSPS) is 11.4. The molecule has 0 unspecified atom stereocenters. The summed E-state index contributed by atoms with van der Waals surface area (Å²) in [5, 5.41) is 3.58. The molecule has 28 heavy (non-hydrogen) atoms. The molecule has 0 fully saturated rings. The van der Waals surface area contributed by atoms with Crippen LogP contribution in [0.4, 0.5) is 8.78 Å². The first-order valence-electron chi connectivity index (χ1n) is 9.18. The van der Waals surface area contributed by atoms with E-state index in [1.54, 1.807) is 0 Å². The molecule has 0 atom stereocenters. The van der Waals surface area contributed by atoms with Crippen LogP contribution >= 0.6 is 7.26 Å². The van der Waals surface area contributed by atoms with Gasteiger partial charge in [-0.15, -0.1) is 0 Å². The van der Waals surface area contributed by atoms with Crippen LogP contribution in [0.5, 0.6) is 0 Å². The molecular weight excluding hydrogens is 369 g/mol. The molecule has 0 aliphatic heterocycles. The first kappa shape index (κ1) is 18.5. The van der Waals surface area contributed by atoms with Crippen molar-refractivity contribution in [3.05, 3.63) is 126 Å². The summed E-state index contributed by atoms with van der Waals surface area (Å²) in [5.41, 5.74) is 0.669. The van der Waals surface area contributed by atoms with Crippen molar-refractivity contribution in [3.63, 3.8) is 0 Å². The van der Waals surface area contributed by atoms with Gasteiger partial charge in [-0.25, -0.2) is 8.78 Å². The zero-order valence-electron chi connectivity index (χ0n) is 15.3. The van der Waals surface area contributed by atoms with E-state index < -0.39 is 18.9 Å². The van der Waals surface area contributed by atoms with Crippen LogP contribution in [0, 0.1) is 11.6 Å². The van der Waals surface area contributed by atoms with E-state index in [9.17, 15) is 8.78 Å². The van der Waals surface area contributed by atoms with E-state index in [4.69, 9.17) is 0 Å². The van der Waals surface area contributed by atoms with E-state index in [0.29, 0.717) is 11.7 Å². The van der Waals surface area contributed by atoms with E-state index in [-0.39, 0.29) is 0 Å². The molecule has 0 N–H and O–H groups in total. The second-order valence-corrected chi connectivity index (χ2v) is 10.2. The Morgan fingerprint density at radius 1 is 0.500 bits per heavy atom. The Labute approximate surface area is 164 Å². The Morgan fingerprint density at radius 2 is 0.857 bits per heavy atom. The van der Waals surface area contributed by atoms with Crippen molar-refractivity contribution in [1.82, 2.24) is 0 Å². The molecule has 0 bridgehead atoms. The molecule has 0 saturated heterocycles. The van der Waals surface area contributed by atoms with Gasteiger partial charge in [0.25, 0.3) is 0 Å². The predicted octanol–water partition coefficient (Wildman–Crippen LogP) is 5.46. The molecule has 0 heterocycles. The number of halogens is 2. The Morgan fingerprint density at radius 3 is 1.21 bits per heavy atom. The Bertz CT molecular complexity index is 931. The van der Waals surface area contributed by atoms with Crippen molar-refractivity contribution in [3.8, 4) is 0 Å². The highest BCUT2D eigenvalue weighted by Gasteiger charge is 2.45. The fourth-order valence-corrected chi connectivity index (χ4v) is 7.96. The molecule has 0 aromatic heterocycles. The van der Waals surface area contributed by atoms with Crippen LogP contribution in [-0.2, 0) is 6.16 Å². The van der Waals surface area contributed by atoms with Gasteiger partial charge in [-0.05, 0) is 54.1 Å². The maximum Gasteiger partial charge on any atom is 0.126 e. The van der Waals surface area contributed by atoms with Crippen LogP contribution in [0.3, 0.4) is 0 Å². The first-order valence-corrected chi connectivity index (χ1v) is 11.2. The molecular formula is C25H20F2P+. The van der Waals surface area contributed by atoms with Crippen LogP contribution in [0.15, 0.2) is 109 Å². The molecule has 0 saturated carbocycles. The highest BCUT2D eigenvalue weighted by Crippen LogP contribution is 2.58. The van der Waals surface area contributed by atoms with Crippen molar-refractivity contribution >= 4 is 23.2 Å². The average molecular weight is 389 g/mol. The van der Waals surface area contributed by atoms with Gasteiger partial charge in [0.15, 0.2) is 0 Å². The van der Waals surface area contributed by atoms with E-state index in [1.165, 1.54) is 28.0 Å². The Balaban J connectivity index is 2.01. The summed E-state index contributed by atoms with van der Waals surface area (Å²) < 4.78 is 28.0. The average Bonchev–Trinajstić information content (AvgIpc) is 2.73. The van der Waals surface area contributed by atoms with Crippen molar-refractivity contribution in [1.29, 1.82) is 0 Å². The minimum absolute atomic E-state index is 0.540. The van der Waals surface area contributed by atoms with Gasteiger partial charge in [0, 0.05) is 6.07 Å². The molecule has 138 valence electrons. The quantitative estimate of drug-likeness (QED) is 0.398. The molecule has 0 nitrogen and oxygen atoms in total. The van der Waals surface area contributed by atoms with E-state index >= 15 is 0 Å². The van der Waals surface area contributed by atoms with Crippen LogP contribution in [0.2, 0.25) is 0 Å². The highest BCUT2D eigenvalue weighted by atomic mass is 31.2. The lowest BCUT2D eigenvalue weighted by Crippen LogP contribution is -2.32. The fourth-order valence-electron chi connectivity index (χ4n) is 3.74. The minimum Gasteiger partial charge on any atom is -0.207 e. The van der Waals surface area contributed by atoms with Gasteiger partial charge < -0.3 is 0 Å². The summed E-state index contributed by atoms with van der Waals surface area (Å²) in [6, 6.07) is 34.8. The SMILES string of the molecule is Fc1cc(F)cc(C[P+](c2ccccc2)(c2ccccc2)c2ccccc2)c1. The van der Waals surface area contributed by atoms with Crippen LogP contribution < -0.4 is 15.9 Å². The largest absolute Gasteiger partial charge is 0.207 e. The van der Waals surface area contributed by atoms with Gasteiger partial charge >= 0.3 is 0 Å². The van der Waals surface area contributed by atoms with Crippen LogP contribution in [0.25, 0.3) is 0 Å². The lowest BCUT2D eigenvalue weighted by atomic mass is 10.2. The molecule has 0 aliphatic carbocycles. The summed E-state index contributed by atoms with van der Waals surface area (Å²) in [6.07, 6.45) is 0.555. The summed E-state index contributed by atoms with van der Waals surface area (Å²) in [5.74, 6) is -1.08. The van der Waals surface area contributed by atoms with Crippen molar-refractivity contribution < 1.29 is 8.78 Å². The monoisotopic (exact) mass is 389 g/mol. The van der Waals surface area contributed by atoms with Crippen LogP contribution in [0.1, 0.15) is 5.56 Å². The zero-order chi connectivity index (χ0) is 19.4. The number of hydrogen-bond donors (Lipinski definition) is 0. The lowest BCUT2D eigenvalue weighted by Gasteiger charge is -2.27. The van der Waals surface area contributed by atoms with E-state index in [0.717, 1.165) is 6.07 Å². The van der Waals surface area contributed by atoms with Crippen molar-refractivity contribution in [2.24, 2.45) is 0 Å². The maximum atomic E-state index is 14.0. The molecule has 4 aromatic rings. The fraction of sp³-hybridized carbons (Fsp3) is 0.0400. The van der Waals surface area contributed by atoms with Gasteiger partial charge in [0.1, 0.15) is 34.8 Å². The summed E-state index contributed by atoms with van der Waals surface area (Å²) in [7, 11) is -2.15. The lowest BCUT2D eigenvalue weighted by molar-refractivity contribution is 0.581. The zero-order valence-corrected chi connectivity index (χ0v) is 16.2. The smallest absolute Gasteiger partial charge is 0.126 e. The van der Waals surface area contributed by atoms with Gasteiger partial charge in [-0.3, -0.25) is 0 Å². The molecule has 0 aliphatic rings. The van der Waals surface area contributed by atoms with E-state index in [2.05, 4.69) is 36.4 Å². The topological polar surface area (TPSA) is 0 Å². The van der Waals surface area contributed by atoms with Crippen molar-refractivity contribution in [2.75, 3.05) is 0 Å². The predicted molar refractivity (Wildman–Crippen MR) is 115 cm³/mol. The number of rotatable bonds is 5. The molecule has 0 amide bonds. The second-order valence-electron chi connectivity index (χ2n) is 6.75. The van der Waals surface area contributed by atoms with Crippen molar-refractivity contribution in [2.45, 2.75) is 6.16 Å².